The molecule has 24 nitrogen and oxygen atoms in total. The highest BCUT2D eigenvalue weighted by Gasteiger charge is 2.49. The van der Waals surface area contributed by atoms with Gasteiger partial charge in [-0.1, -0.05) is 31.7 Å². The Bertz CT molecular complexity index is 2980. The molecule has 0 bridgehead atoms. The molecule has 3 atom stereocenters. The van der Waals surface area contributed by atoms with Gasteiger partial charge >= 0.3 is 18.0 Å². The fourth-order valence-electron chi connectivity index (χ4n) is 9.33. The van der Waals surface area contributed by atoms with Gasteiger partial charge in [0.25, 0.3) is 26.1 Å². The summed E-state index contributed by atoms with van der Waals surface area (Å²) in [6.45, 7) is 3.46. The minimum Gasteiger partial charge on any atom is -0.480 e. The minimum absolute atomic E-state index is 0.0626. The number of fused-ring (bicyclic) bond motifs is 3. The normalized spacial score (nSPS) is 17.3. The largest absolute Gasteiger partial charge is 0.480 e. The molecular weight excluding hydrogens is 1150 g/mol. The zero-order valence-corrected chi connectivity index (χ0v) is 45.1. The van der Waals surface area contributed by atoms with Gasteiger partial charge in [-0.25, -0.2) is 17.6 Å². The maximum atomic E-state index is 13.5. The second-order valence-electron chi connectivity index (χ2n) is 18.1. The van der Waals surface area contributed by atoms with Crippen molar-refractivity contribution in [1.82, 2.24) is 16.0 Å². The fraction of sp³-hybridized carbons (Fsp3) is 0.510. The van der Waals surface area contributed by atoms with E-state index in [0.29, 0.717) is 58.5 Å². The quantitative estimate of drug-likeness (QED) is 0.0115. The van der Waals surface area contributed by atoms with Gasteiger partial charge < -0.3 is 60.0 Å². The zero-order chi connectivity index (χ0) is 55.0. The molecule has 76 heavy (non-hydrogen) atoms. The van der Waals surface area contributed by atoms with E-state index >= 15 is 0 Å². The molecule has 4 aliphatic rings. The Morgan fingerprint density at radius 2 is 1.37 bits per heavy atom. The van der Waals surface area contributed by atoms with Crippen molar-refractivity contribution >= 4 is 89.6 Å². The topological polar surface area (TPSA) is 368 Å². The number of benzene rings is 3. The van der Waals surface area contributed by atoms with E-state index in [1.54, 1.807) is 0 Å². The second-order valence-corrected chi connectivity index (χ2v) is 21.3. The van der Waals surface area contributed by atoms with E-state index in [1.807, 2.05) is 0 Å². The number of hydrogen-bond donors (Lipinski definition) is 8. The van der Waals surface area contributed by atoms with E-state index in [9.17, 15) is 60.1 Å². The molecule has 3 aliphatic carbocycles. The number of amides is 3. The molecule has 416 valence electrons. The maximum absolute atomic E-state index is 13.5. The summed E-state index contributed by atoms with van der Waals surface area (Å²) in [5, 5.41) is 27.6. The van der Waals surface area contributed by atoms with Crippen molar-refractivity contribution < 1.29 is 88.2 Å². The van der Waals surface area contributed by atoms with Gasteiger partial charge in [0.15, 0.2) is 21.1 Å². The van der Waals surface area contributed by atoms with Crippen molar-refractivity contribution in [3.63, 3.8) is 0 Å². The molecule has 0 aromatic heterocycles. The Kier molecular flexibility index (Phi) is 22.2. The summed E-state index contributed by atoms with van der Waals surface area (Å²) in [6.07, 6.45) is 7.87. The molecule has 1 heterocycles. The third-order valence-electron chi connectivity index (χ3n) is 13.1. The van der Waals surface area contributed by atoms with Crippen molar-refractivity contribution in [1.29, 1.82) is 0 Å². The number of rotatable bonds is 29. The number of halogens is 1. The number of carboxylic acids is 2. The summed E-state index contributed by atoms with van der Waals surface area (Å²) < 4.78 is 108. The number of alkyl carbamates (subject to hydrolysis) is 1. The number of carboxylic acid groups (broad SMARTS) is 2. The lowest BCUT2D eigenvalue weighted by Crippen LogP contribution is -2.41. The van der Waals surface area contributed by atoms with Crippen molar-refractivity contribution in [2.45, 2.75) is 80.0 Å². The average Bonchev–Trinajstić information content (AvgIpc) is 4.12. The second kappa shape index (κ2) is 28.2. The Morgan fingerprint density at radius 1 is 0.750 bits per heavy atom. The first-order valence-electron chi connectivity index (χ1n) is 24.6. The van der Waals surface area contributed by atoms with Crippen LogP contribution in [0.1, 0.15) is 84.9 Å². The smallest absolute Gasteiger partial charge is 0.407 e. The van der Waals surface area contributed by atoms with E-state index in [-0.39, 0.29) is 84.5 Å². The summed E-state index contributed by atoms with van der Waals surface area (Å²) in [4.78, 5) is 60.9. The third-order valence-corrected chi connectivity index (χ3v) is 15.4. The Balaban J connectivity index is 0.879. The van der Waals surface area contributed by atoms with Crippen LogP contribution >= 0.6 is 22.9 Å². The molecule has 2 aromatic rings. The Morgan fingerprint density at radius 3 is 1.97 bits per heavy atom. The van der Waals surface area contributed by atoms with E-state index in [4.69, 9.17) is 33.8 Å². The summed E-state index contributed by atoms with van der Waals surface area (Å²) in [5.74, 6) is -2.99. The molecule has 0 saturated heterocycles. The molecule has 9 N–H and O–H groups in total. The van der Waals surface area contributed by atoms with Crippen LogP contribution in [0.2, 0.25) is 0 Å². The minimum atomic E-state index is -5.20. The number of hydrogen-bond acceptors (Lipinski definition) is 17. The molecule has 2 aromatic carbocycles. The number of nitrogens with one attached hydrogen (secondary N) is 3. The molecule has 1 aliphatic heterocycles. The van der Waals surface area contributed by atoms with Crippen molar-refractivity contribution in [2.75, 3.05) is 78.3 Å². The van der Waals surface area contributed by atoms with Crippen LogP contribution in [0, 0.1) is 17.8 Å². The van der Waals surface area contributed by atoms with Gasteiger partial charge in [0.05, 0.1) is 98.9 Å². The van der Waals surface area contributed by atoms with Crippen LogP contribution in [-0.4, -0.2) is 145 Å². The van der Waals surface area contributed by atoms with Crippen LogP contribution in [0.3, 0.4) is 0 Å². The van der Waals surface area contributed by atoms with E-state index < -0.39 is 82.6 Å². The molecule has 0 radical (unpaired) electrons. The molecule has 3 unspecified atom stereocenters. The van der Waals surface area contributed by atoms with Gasteiger partial charge in [-0.2, -0.15) is 16.8 Å². The van der Waals surface area contributed by atoms with Crippen LogP contribution < -0.4 is 27.0 Å². The summed E-state index contributed by atoms with van der Waals surface area (Å²) in [7, 11) is -10.4. The monoisotopic (exact) mass is 1220 g/mol. The number of carbonyl (C=O) groups is 5. The van der Waals surface area contributed by atoms with Crippen LogP contribution in [0.25, 0.3) is 33.4 Å². The Hall–Kier alpha value is -5.53. The predicted octanol–water partition coefficient (Wildman–Crippen LogP) is 5.10. The highest BCUT2D eigenvalue weighted by atomic mass is 127. The van der Waals surface area contributed by atoms with E-state index in [1.165, 1.54) is 79.6 Å². The van der Waals surface area contributed by atoms with E-state index in [0.717, 1.165) is 36.1 Å². The summed E-state index contributed by atoms with van der Waals surface area (Å²) in [5.41, 5.74) is 3.22. The molecule has 3 amide bonds. The first-order valence-corrected chi connectivity index (χ1v) is 28.5. The van der Waals surface area contributed by atoms with Gasteiger partial charge in [0, 0.05) is 41.6 Å². The van der Waals surface area contributed by atoms with Crippen LogP contribution in [0.15, 0.2) is 59.9 Å². The number of unbranched alkanes of at least 4 members (excludes halogenated alkanes) is 1. The van der Waals surface area contributed by atoms with Gasteiger partial charge in [-0.15, -0.1) is 0 Å². The van der Waals surface area contributed by atoms with Gasteiger partial charge in [0.1, 0.15) is 6.04 Å². The molecule has 0 spiro atoms. The number of anilines is 1. The standard InChI is InChI=1S/C49H62IN5O19S2/c50-55-38-15-13-34-41(33-12-14-37(51)44(75(63,64)65)42(33)74-43(34)45(38)76(66,67)68)32-11-10-29(27-35(32)47(58)59)46(57)54-39(48(60)61)9-5-6-17-52-40(56)16-19-69-21-23-71-25-26-72-24-22-70-20-18-53-49(62)73-28-36-30-7-3-1-2-4-8-31(30)36/h10-15,27,30-31,36,39H,1-9,16-26,28,51H2,(H,52,56)(H,53,62)(H,54,57)(H,58,59)(H,60,61)(H,63,64,65)(H,66,67,68)/b55-38+. The molecular formula is C49H62IN5O19S2. The number of aromatic carboxylic acids is 1. The highest BCUT2D eigenvalue weighted by molar-refractivity contribution is 14.1. The van der Waals surface area contributed by atoms with Crippen LogP contribution in [-0.2, 0) is 53.5 Å². The average molecular weight is 1220 g/mol. The first-order chi connectivity index (χ1) is 36.3. The fourth-order valence-corrected chi connectivity index (χ4v) is 11.4. The zero-order valence-electron chi connectivity index (χ0n) is 41.3. The summed E-state index contributed by atoms with van der Waals surface area (Å²) >= 11 is 1.45. The predicted molar refractivity (Wildman–Crippen MR) is 280 cm³/mol. The first kappa shape index (κ1) is 59.7. The van der Waals surface area contributed by atoms with Crippen LogP contribution in [0.4, 0.5) is 10.5 Å². The van der Waals surface area contributed by atoms with Gasteiger partial charge in [-0.05, 0) is 91.8 Å². The van der Waals surface area contributed by atoms with E-state index in [2.05, 4.69) is 19.2 Å². The maximum Gasteiger partial charge on any atom is 0.407 e. The molecule has 27 heteroatoms. The molecule has 2 fully saturated rings. The van der Waals surface area contributed by atoms with Gasteiger partial charge in [-0.3, -0.25) is 18.7 Å². The lowest BCUT2D eigenvalue weighted by atomic mass is 9.89. The number of nitrogens with two attached hydrogens (primary N) is 1. The van der Waals surface area contributed by atoms with Crippen molar-refractivity contribution in [3.05, 3.63) is 58.9 Å². The molecule has 6 rings (SSSR count). The van der Waals surface area contributed by atoms with Crippen LogP contribution in [0.5, 0.6) is 0 Å². The Labute approximate surface area is 452 Å². The summed E-state index contributed by atoms with van der Waals surface area (Å²) in [6, 6.07) is 6.56. The number of ether oxygens (including phenoxy) is 5. The third kappa shape index (κ3) is 16.5. The molecule has 2 saturated carbocycles. The number of nitrogen functional groups attached to an aromatic ring is 1. The van der Waals surface area contributed by atoms with Crippen molar-refractivity contribution in [3.8, 4) is 22.5 Å². The lowest BCUT2D eigenvalue weighted by molar-refractivity contribution is -0.139. The SMILES string of the molecule is Nc1ccc2c(-c3ccc(C(=O)NC(CCCCNC(=O)CCOCCOCCOCCOCCNC(=O)OCC4C5CCCCCCC54)C(=O)O)cc3C(=O)O)c3cc/c(=N\I)c(S(=O)(=O)O)c-3oc2c1S(=O)(=O)O. The highest BCUT2D eigenvalue weighted by Crippen LogP contribution is 2.53. The van der Waals surface area contributed by atoms with Crippen molar-refractivity contribution in [2.24, 2.45) is 21.0 Å². The van der Waals surface area contributed by atoms with Gasteiger partial charge in [0.2, 0.25) is 5.91 Å². The number of carbonyl (C=O) groups excluding carboxylic acids is 3. The lowest BCUT2D eigenvalue weighted by Gasteiger charge is -2.20. The number of aliphatic carboxylic acids is 1. The number of nitrogens with zero attached hydrogens (tertiary/aromatic N) is 1.